The summed E-state index contributed by atoms with van der Waals surface area (Å²) < 4.78 is 13.5. The number of rotatable bonds is 7. The van der Waals surface area contributed by atoms with Gasteiger partial charge in [-0.25, -0.2) is 9.18 Å². The molecule has 0 aromatic heterocycles. The Bertz CT molecular complexity index is 434. The number of carboxylic acid groups (broad SMARTS) is 1. The van der Waals surface area contributed by atoms with Crippen molar-refractivity contribution < 1.29 is 14.3 Å². The monoisotopic (exact) mass is 267 g/mol. The summed E-state index contributed by atoms with van der Waals surface area (Å²) in [7, 11) is 0. The van der Waals surface area contributed by atoms with Crippen molar-refractivity contribution in [2.45, 2.75) is 46.2 Å². The fourth-order valence-electron chi connectivity index (χ4n) is 1.99. The molecule has 2 unspecified atom stereocenters. The van der Waals surface area contributed by atoms with Gasteiger partial charge in [0.05, 0.1) is 5.56 Å². The fraction of sp³-hybridized carbons (Fsp3) is 0.533. The normalized spacial score (nSPS) is 14.1. The zero-order valence-corrected chi connectivity index (χ0v) is 11.7. The first kappa shape index (κ1) is 15.6. The molecule has 1 rings (SSSR count). The van der Waals surface area contributed by atoms with E-state index in [0.29, 0.717) is 18.5 Å². The van der Waals surface area contributed by atoms with Gasteiger partial charge >= 0.3 is 5.97 Å². The van der Waals surface area contributed by atoms with Crippen LogP contribution in [0.3, 0.4) is 0 Å². The number of carbonyl (C=O) groups is 1. The number of hydrogen-bond acceptors (Lipinski definition) is 2. The molecule has 2 N–H and O–H groups in total. The number of benzene rings is 1. The maximum absolute atomic E-state index is 13.5. The molecule has 19 heavy (non-hydrogen) atoms. The Hall–Kier alpha value is -1.42. The largest absolute Gasteiger partial charge is 0.478 e. The summed E-state index contributed by atoms with van der Waals surface area (Å²) in [6.07, 6.45) is 2.22. The molecule has 0 fully saturated rings. The third kappa shape index (κ3) is 4.99. The van der Waals surface area contributed by atoms with Crippen molar-refractivity contribution in [3.63, 3.8) is 0 Å². The highest BCUT2D eigenvalue weighted by Gasteiger charge is 2.11. The summed E-state index contributed by atoms with van der Waals surface area (Å²) >= 11 is 0. The van der Waals surface area contributed by atoms with E-state index in [0.717, 1.165) is 18.4 Å². The summed E-state index contributed by atoms with van der Waals surface area (Å²) in [6, 6.07) is 4.60. The van der Waals surface area contributed by atoms with Gasteiger partial charge in [-0.05, 0) is 37.0 Å². The van der Waals surface area contributed by atoms with Crippen LogP contribution in [0, 0.1) is 11.7 Å². The Morgan fingerprint density at radius 2 is 2.11 bits per heavy atom. The van der Waals surface area contributed by atoms with Gasteiger partial charge in [0.2, 0.25) is 0 Å². The smallest absolute Gasteiger partial charge is 0.338 e. The zero-order chi connectivity index (χ0) is 14.4. The lowest BCUT2D eigenvalue weighted by molar-refractivity contribution is 0.0692. The van der Waals surface area contributed by atoms with E-state index in [4.69, 9.17) is 5.11 Å². The molecule has 0 aliphatic heterocycles. The average Bonchev–Trinajstić information content (AvgIpc) is 2.35. The number of nitrogens with one attached hydrogen (secondary N) is 1. The second-order valence-electron chi connectivity index (χ2n) is 5.15. The Labute approximate surface area is 113 Å². The Balaban J connectivity index is 2.54. The van der Waals surface area contributed by atoms with Crippen molar-refractivity contribution in [2.24, 2.45) is 5.92 Å². The van der Waals surface area contributed by atoms with Gasteiger partial charge in [-0.1, -0.05) is 26.3 Å². The highest BCUT2D eigenvalue weighted by molar-refractivity contribution is 5.87. The predicted molar refractivity (Wildman–Crippen MR) is 73.7 cm³/mol. The first-order valence-electron chi connectivity index (χ1n) is 6.69. The van der Waals surface area contributed by atoms with Crippen LogP contribution in [0.5, 0.6) is 0 Å². The molecular weight excluding hydrogens is 245 g/mol. The van der Waals surface area contributed by atoms with Gasteiger partial charge in [0, 0.05) is 12.6 Å². The maximum atomic E-state index is 13.5. The van der Waals surface area contributed by atoms with Gasteiger partial charge in [0.1, 0.15) is 5.82 Å². The average molecular weight is 267 g/mol. The number of carboxylic acids is 1. The maximum Gasteiger partial charge on any atom is 0.338 e. The van der Waals surface area contributed by atoms with Crippen molar-refractivity contribution in [2.75, 3.05) is 0 Å². The molecule has 4 heteroatoms. The molecule has 0 bridgehead atoms. The van der Waals surface area contributed by atoms with Gasteiger partial charge in [0.15, 0.2) is 0 Å². The lowest BCUT2D eigenvalue weighted by Crippen LogP contribution is -2.27. The van der Waals surface area contributed by atoms with Crippen LogP contribution < -0.4 is 5.32 Å². The van der Waals surface area contributed by atoms with Crippen LogP contribution in [-0.2, 0) is 6.54 Å². The van der Waals surface area contributed by atoms with Gasteiger partial charge in [-0.3, -0.25) is 0 Å². The van der Waals surface area contributed by atoms with E-state index >= 15 is 0 Å². The predicted octanol–water partition coefficient (Wildman–Crippen LogP) is 3.44. The molecule has 1 aromatic carbocycles. The second-order valence-corrected chi connectivity index (χ2v) is 5.15. The molecule has 0 spiro atoms. The minimum absolute atomic E-state index is 0.281. The van der Waals surface area contributed by atoms with E-state index in [1.165, 1.54) is 12.1 Å². The minimum Gasteiger partial charge on any atom is -0.478 e. The van der Waals surface area contributed by atoms with Crippen LogP contribution >= 0.6 is 0 Å². The van der Waals surface area contributed by atoms with Crippen LogP contribution in [0.4, 0.5) is 4.39 Å². The SMILES string of the molecule is CCC(C)CC(C)NCc1ccc(C(=O)O)c(F)c1. The van der Waals surface area contributed by atoms with Crippen molar-refractivity contribution in [1.29, 1.82) is 0 Å². The second kappa shape index (κ2) is 7.24. The molecule has 106 valence electrons. The van der Waals surface area contributed by atoms with Gasteiger partial charge < -0.3 is 10.4 Å². The van der Waals surface area contributed by atoms with Crippen LogP contribution in [-0.4, -0.2) is 17.1 Å². The third-order valence-electron chi connectivity index (χ3n) is 3.37. The van der Waals surface area contributed by atoms with E-state index in [1.54, 1.807) is 6.07 Å². The summed E-state index contributed by atoms with van der Waals surface area (Å²) in [5.41, 5.74) is 0.481. The standard InChI is InChI=1S/C15H22FNO2/c1-4-10(2)7-11(3)17-9-12-5-6-13(15(18)19)14(16)8-12/h5-6,8,10-11,17H,4,7,9H2,1-3H3,(H,18,19). The van der Waals surface area contributed by atoms with Crippen LogP contribution in [0.2, 0.25) is 0 Å². The quantitative estimate of drug-likeness (QED) is 0.795. The molecule has 0 amide bonds. The Morgan fingerprint density at radius 3 is 2.63 bits per heavy atom. The minimum atomic E-state index is -1.23. The van der Waals surface area contributed by atoms with Crippen molar-refractivity contribution >= 4 is 5.97 Å². The van der Waals surface area contributed by atoms with Crippen LogP contribution in [0.25, 0.3) is 0 Å². The summed E-state index contributed by atoms with van der Waals surface area (Å²) in [5.74, 6) is -1.25. The fourth-order valence-corrected chi connectivity index (χ4v) is 1.99. The van der Waals surface area contributed by atoms with E-state index in [9.17, 15) is 9.18 Å². The van der Waals surface area contributed by atoms with E-state index in [-0.39, 0.29) is 5.56 Å². The molecule has 0 aliphatic rings. The summed E-state index contributed by atoms with van der Waals surface area (Å²) in [4.78, 5) is 10.7. The molecule has 0 radical (unpaired) electrons. The Morgan fingerprint density at radius 1 is 1.42 bits per heavy atom. The van der Waals surface area contributed by atoms with Gasteiger partial charge in [-0.15, -0.1) is 0 Å². The molecular formula is C15H22FNO2. The van der Waals surface area contributed by atoms with Crippen molar-refractivity contribution in [3.05, 3.63) is 35.1 Å². The first-order chi connectivity index (χ1) is 8.93. The molecule has 2 atom stereocenters. The van der Waals surface area contributed by atoms with Gasteiger partial charge in [-0.2, -0.15) is 0 Å². The van der Waals surface area contributed by atoms with E-state index < -0.39 is 11.8 Å². The number of aromatic carboxylic acids is 1. The zero-order valence-electron chi connectivity index (χ0n) is 11.7. The van der Waals surface area contributed by atoms with Crippen molar-refractivity contribution in [3.8, 4) is 0 Å². The van der Waals surface area contributed by atoms with Crippen LogP contribution in [0.1, 0.15) is 49.5 Å². The number of halogens is 1. The Kier molecular flexibility index (Phi) is 5.96. The van der Waals surface area contributed by atoms with Crippen molar-refractivity contribution in [1.82, 2.24) is 5.32 Å². The molecule has 0 saturated heterocycles. The highest BCUT2D eigenvalue weighted by Crippen LogP contribution is 2.12. The lowest BCUT2D eigenvalue weighted by atomic mass is 10.0. The number of hydrogen-bond donors (Lipinski definition) is 2. The topological polar surface area (TPSA) is 49.3 Å². The lowest BCUT2D eigenvalue weighted by Gasteiger charge is -2.17. The van der Waals surface area contributed by atoms with E-state index in [1.807, 2.05) is 0 Å². The summed E-state index contributed by atoms with van der Waals surface area (Å²) in [6.45, 7) is 7.03. The van der Waals surface area contributed by atoms with Gasteiger partial charge in [0.25, 0.3) is 0 Å². The molecule has 1 aromatic rings. The third-order valence-corrected chi connectivity index (χ3v) is 3.37. The first-order valence-corrected chi connectivity index (χ1v) is 6.69. The highest BCUT2D eigenvalue weighted by atomic mass is 19.1. The van der Waals surface area contributed by atoms with E-state index in [2.05, 4.69) is 26.1 Å². The molecule has 0 saturated carbocycles. The summed E-state index contributed by atoms with van der Waals surface area (Å²) in [5, 5.41) is 12.1. The molecule has 0 heterocycles. The molecule has 3 nitrogen and oxygen atoms in total. The van der Waals surface area contributed by atoms with Crippen LogP contribution in [0.15, 0.2) is 18.2 Å². The molecule has 0 aliphatic carbocycles.